The minimum atomic E-state index is 0.484. The maximum Gasteiger partial charge on any atom is 0.00388 e. The molecule has 2 rings (SSSR count). The van der Waals surface area contributed by atoms with Gasteiger partial charge in [-0.15, -0.1) is 0 Å². The summed E-state index contributed by atoms with van der Waals surface area (Å²) in [4.78, 5) is 0. The first-order valence-electron chi connectivity index (χ1n) is 12.0. The lowest BCUT2D eigenvalue weighted by molar-refractivity contribution is 0.236. The van der Waals surface area contributed by atoms with Crippen LogP contribution in [0.2, 0.25) is 0 Å². The molecule has 0 amide bonds. The molecular weight excluding hydrogens is 302 g/mol. The third kappa shape index (κ3) is 9.45. The quantitative estimate of drug-likeness (QED) is 0.517. The highest BCUT2D eigenvalue weighted by Gasteiger charge is 2.21. The van der Waals surface area contributed by atoms with E-state index in [1.54, 1.807) is 0 Å². The Hall–Kier alpha value is -0.0400. The van der Waals surface area contributed by atoms with Crippen molar-refractivity contribution in [3.8, 4) is 0 Å². The van der Waals surface area contributed by atoms with Gasteiger partial charge in [0.25, 0.3) is 0 Å². The molecule has 0 spiro atoms. The van der Waals surface area contributed by atoms with Crippen molar-refractivity contribution >= 4 is 0 Å². The first-order chi connectivity index (χ1) is 12.3. The van der Waals surface area contributed by atoms with Crippen molar-refractivity contribution in [2.24, 2.45) is 23.5 Å². The molecule has 2 saturated carbocycles. The Labute approximate surface area is 158 Å². The van der Waals surface area contributed by atoms with Crippen molar-refractivity contribution in [3.63, 3.8) is 0 Å². The summed E-state index contributed by atoms with van der Waals surface area (Å²) in [5, 5.41) is 0. The van der Waals surface area contributed by atoms with Crippen molar-refractivity contribution in [2.45, 2.75) is 135 Å². The summed E-state index contributed by atoms with van der Waals surface area (Å²) in [6, 6.07) is 0.484. The maximum absolute atomic E-state index is 6.29. The lowest BCUT2D eigenvalue weighted by Crippen LogP contribution is -2.20. The van der Waals surface area contributed by atoms with Gasteiger partial charge < -0.3 is 5.73 Å². The summed E-state index contributed by atoms with van der Waals surface area (Å²) in [6.45, 7) is 2.48. The van der Waals surface area contributed by atoms with E-state index >= 15 is 0 Å². The fraction of sp³-hybridized carbons (Fsp3) is 1.00. The average molecular weight is 350 g/mol. The van der Waals surface area contributed by atoms with Gasteiger partial charge in [-0.25, -0.2) is 0 Å². The normalized spacial score (nSPS) is 35.8. The van der Waals surface area contributed by atoms with Gasteiger partial charge in [-0.05, 0) is 30.6 Å². The molecule has 0 aromatic carbocycles. The third-order valence-electron chi connectivity index (χ3n) is 7.26. The number of rotatable bonds is 1. The van der Waals surface area contributed by atoms with Gasteiger partial charge in [0.1, 0.15) is 0 Å². The molecule has 2 aliphatic carbocycles. The molecule has 0 heterocycles. The summed E-state index contributed by atoms with van der Waals surface area (Å²) >= 11 is 0. The fourth-order valence-corrected chi connectivity index (χ4v) is 5.48. The van der Waals surface area contributed by atoms with Gasteiger partial charge in [-0.1, -0.05) is 116 Å². The molecule has 0 radical (unpaired) electrons. The maximum atomic E-state index is 6.29. The van der Waals surface area contributed by atoms with E-state index in [4.69, 9.17) is 5.73 Å². The summed E-state index contributed by atoms with van der Waals surface area (Å²) < 4.78 is 0. The van der Waals surface area contributed by atoms with Crippen molar-refractivity contribution in [1.82, 2.24) is 0 Å². The van der Waals surface area contributed by atoms with Gasteiger partial charge in [0.2, 0.25) is 0 Å². The van der Waals surface area contributed by atoms with Crippen LogP contribution in [0.5, 0.6) is 0 Å². The van der Waals surface area contributed by atoms with Crippen LogP contribution in [-0.4, -0.2) is 6.04 Å². The molecule has 148 valence electrons. The van der Waals surface area contributed by atoms with E-state index < -0.39 is 0 Å². The zero-order valence-corrected chi connectivity index (χ0v) is 17.3. The first-order valence-corrected chi connectivity index (χ1v) is 12.0. The smallest absolute Gasteiger partial charge is 0.00388 e. The number of hydrogen-bond donors (Lipinski definition) is 1. The zero-order chi connectivity index (χ0) is 17.7. The number of hydrogen-bond acceptors (Lipinski definition) is 1. The Morgan fingerprint density at radius 1 is 0.440 bits per heavy atom. The van der Waals surface area contributed by atoms with Crippen molar-refractivity contribution < 1.29 is 0 Å². The predicted molar refractivity (Wildman–Crippen MR) is 112 cm³/mol. The Kier molecular flexibility index (Phi) is 11.2. The molecule has 0 aromatic heterocycles. The molecule has 1 heteroatoms. The van der Waals surface area contributed by atoms with E-state index in [0.717, 1.165) is 17.8 Å². The molecule has 0 aromatic rings. The van der Waals surface area contributed by atoms with E-state index in [1.807, 2.05) is 0 Å². The van der Waals surface area contributed by atoms with E-state index in [-0.39, 0.29) is 0 Å². The van der Waals surface area contributed by atoms with Crippen LogP contribution in [0.4, 0.5) is 0 Å². The van der Waals surface area contributed by atoms with Gasteiger partial charge in [-0.3, -0.25) is 0 Å². The summed E-state index contributed by atoms with van der Waals surface area (Å²) in [5.74, 6) is 3.03. The highest BCUT2D eigenvalue weighted by molar-refractivity contribution is 4.74. The second-order valence-corrected chi connectivity index (χ2v) is 9.58. The van der Waals surface area contributed by atoms with Crippen LogP contribution in [0.25, 0.3) is 0 Å². The van der Waals surface area contributed by atoms with Crippen LogP contribution in [-0.2, 0) is 0 Å². The Bertz CT molecular complexity index is 313. The highest BCUT2D eigenvalue weighted by Crippen LogP contribution is 2.34. The van der Waals surface area contributed by atoms with E-state index in [2.05, 4.69) is 6.92 Å². The van der Waals surface area contributed by atoms with E-state index in [9.17, 15) is 0 Å². The molecule has 0 saturated heterocycles. The monoisotopic (exact) mass is 349 g/mol. The van der Waals surface area contributed by atoms with Gasteiger partial charge in [-0.2, -0.15) is 0 Å². The largest absolute Gasteiger partial charge is 0.328 e. The molecule has 2 aliphatic rings. The minimum Gasteiger partial charge on any atom is -0.328 e. The molecule has 1 nitrogen and oxygen atoms in total. The fourth-order valence-electron chi connectivity index (χ4n) is 5.48. The molecule has 25 heavy (non-hydrogen) atoms. The molecular formula is C24H47N. The average Bonchev–Trinajstić information content (AvgIpc) is 2.64. The van der Waals surface area contributed by atoms with Crippen LogP contribution in [0.3, 0.4) is 0 Å². The van der Waals surface area contributed by atoms with Gasteiger partial charge in [0.15, 0.2) is 0 Å². The van der Waals surface area contributed by atoms with Gasteiger partial charge in [0.05, 0.1) is 0 Å². The van der Waals surface area contributed by atoms with Crippen molar-refractivity contribution in [2.75, 3.05) is 0 Å². The number of nitrogens with two attached hydrogens (primary N) is 1. The Morgan fingerprint density at radius 3 is 1.32 bits per heavy atom. The molecule has 3 unspecified atom stereocenters. The van der Waals surface area contributed by atoms with Crippen LogP contribution in [0, 0.1) is 17.8 Å². The van der Waals surface area contributed by atoms with Crippen LogP contribution in [0.1, 0.15) is 129 Å². The van der Waals surface area contributed by atoms with Crippen molar-refractivity contribution in [3.05, 3.63) is 0 Å². The molecule has 2 N–H and O–H groups in total. The molecule has 0 aliphatic heterocycles. The predicted octanol–water partition coefficient (Wildman–Crippen LogP) is 7.62. The van der Waals surface area contributed by atoms with Gasteiger partial charge >= 0.3 is 0 Å². The van der Waals surface area contributed by atoms with Gasteiger partial charge in [0, 0.05) is 6.04 Å². The standard InChI is InChI=1S/C24H47N/c1-21-13-5-4-7-16-23(17-10-9-14-21)22-15-6-2-3-8-19-24(25)20-12-11-18-22/h21-24H,2-20,25H2,1H3/t21-,22?,23?,24?/m1/s1. The zero-order valence-electron chi connectivity index (χ0n) is 17.3. The summed E-state index contributed by atoms with van der Waals surface area (Å²) in [5.41, 5.74) is 6.29. The Morgan fingerprint density at radius 2 is 0.760 bits per heavy atom. The first kappa shape index (κ1) is 21.3. The third-order valence-corrected chi connectivity index (χ3v) is 7.26. The summed E-state index contributed by atoms with van der Waals surface area (Å²) in [7, 11) is 0. The summed E-state index contributed by atoms with van der Waals surface area (Å²) in [6.07, 6.45) is 27.6. The second-order valence-electron chi connectivity index (χ2n) is 9.58. The molecule has 4 atom stereocenters. The highest BCUT2D eigenvalue weighted by atomic mass is 14.6. The second kappa shape index (κ2) is 13.2. The topological polar surface area (TPSA) is 26.0 Å². The minimum absolute atomic E-state index is 0.484. The van der Waals surface area contributed by atoms with Crippen LogP contribution < -0.4 is 5.73 Å². The lowest BCUT2D eigenvalue weighted by Gasteiger charge is -2.28. The van der Waals surface area contributed by atoms with Crippen LogP contribution >= 0.6 is 0 Å². The van der Waals surface area contributed by atoms with Crippen molar-refractivity contribution in [1.29, 1.82) is 0 Å². The molecule has 0 bridgehead atoms. The SMILES string of the molecule is C[C@@H]1CCCCCC(C2CCCCCCC(N)CCCC2)CCCC1. The molecule has 2 fully saturated rings. The lowest BCUT2D eigenvalue weighted by atomic mass is 9.78. The van der Waals surface area contributed by atoms with E-state index in [1.165, 1.54) is 122 Å². The van der Waals surface area contributed by atoms with E-state index in [0.29, 0.717) is 6.04 Å². The Balaban J connectivity index is 1.85. The van der Waals surface area contributed by atoms with Crippen LogP contribution in [0.15, 0.2) is 0 Å².